The molecule has 0 unspecified atom stereocenters. The largest absolute Gasteiger partial charge is 0.481 e. The predicted octanol–water partition coefficient (Wildman–Crippen LogP) is 0.664. The third-order valence-electron chi connectivity index (χ3n) is 3.27. The van der Waals surface area contributed by atoms with Gasteiger partial charge < -0.3 is 15.7 Å². The SMILES string of the molecule is O=C(O)CCCNC(=O)CCNC(=O)C1CCCC1. The fourth-order valence-corrected chi connectivity index (χ4v) is 2.19. The Labute approximate surface area is 112 Å². The normalized spacial score (nSPS) is 15.2. The van der Waals surface area contributed by atoms with Gasteiger partial charge in [0, 0.05) is 31.8 Å². The van der Waals surface area contributed by atoms with Crippen LogP contribution in [0.5, 0.6) is 0 Å². The summed E-state index contributed by atoms with van der Waals surface area (Å²) >= 11 is 0. The van der Waals surface area contributed by atoms with Crippen LogP contribution in [0.4, 0.5) is 0 Å². The van der Waals surface area contributed by atoms with Crippen LogP contribution in [-0.2, 0) is 14.4 Å². The quantitative estimate of drug-likeness (QED) is 0.565. The second-order valence-electron chi connectivity index (χ2n) is 4.87. The summed E-state index contributed by atoms with van der Waals surface area (Å²) in [7, 11) is 0. The van der Waals surface area contributed by atoms with E-state index in [-0.39, 0.29) is 30.6 Å². The number of amides is 2. The lowest BCUT2D eigenvalue weighted by molar-refractivity contribution is -0.137. The molecule has 1 rings (SSSR count). The summed E-state index contributed by atoms with van der Waals surface area (Å²) in [5.74, 6) is -0.843. The summed E-state index contributed by atoms with van der Waals surface area (Å²) in [5, 5.41) is 13.8. The average Bonchev–Trinajstić information content (AvgIpc) is 2.88. The van der Waals surface area contributed by atoms with Gasteiger partial charge in [-0.15, -0.1) is 0 Å². The van der Waals surface area contributed by atoms with E-state index in [4.69, 9.17) is 5.11 Å². The Kier molecular flexibility index (Phi) is 6.92. The number of hydrogen-bond acceptors (Lipinski definition) is 3. The van der Waals surface area contributed by atoms with E-state index >= 15 is 0 Å². The molecule has 0 spiro atoms. The highest BCUT2D eigenvalue weighted by Gasteiger charge is 2.22. The Balaban J connectivity index is 2.00. The van der Waals surface area contributed by atoms with Crippen LogP contribution >= 0.6 is 0 Å². The van der Waals surface area contributed by atoms with E-state index in [0.717, 1.165) is 25.7 Å². The van der Waals surface area contributed by atoms with Gasteiger partial charge >= 0.3 is 5.97 Å². The molecule has 0 saturated heterocycles. The Morgan fingerprint density at radius 1 is 1.00 bits per heavy atom. The van der Waals surface area contributed by atoms with E-state index in [1.54, 1.807) is 0 Å². The standard InChI is InChI=1S/C13H22N2O4/c16-11(14-8-3-6-12(17)18)7-9-15-13(19)10-4-1-2-5-10/h10H,1-9H2,(H,14,16)(H,15,19)(H,17,18). The maximum Gasteiger partial charge on any atom is 0.303 e. The van der Waals surface area contributed by atoms with E-state index in [1.807, 2.05) is 0 Å². The number of carboxylic acids is 1. The molecule has 3 N–H and O–H groups in total. The first-order valence-electron chi connectivity index (χ1n) is 6.86. The van der Waals surface area contributed by atoms with Crippen LogP contribution in [0.25, 0.3) is 0 Å². The number of carbonyl (C=O) groups excluding carboxylic acids is 2. The molecular formula is C13H22N2O4. The molecule has 0 aromatic rings. The number of aliphatic carboxylic acids is 1. The van der Waals surface area contributed by atoms with Crippen LogP contribution in [0.1, 0.15) is 44.9 Å². The molecule has 0 bridgehead atoms. The van der Waals surface area contributed by atoms with Gasteiger partial charge in [0.05, 0.1) is 0 Å². The van der Waals surface area contributed by atoms with E-state index in [2.05, 4.69) is 10.6 Å². The molecule has 0 aromatic heterocycles. The van der Waals surface area contributed by atoms with Crippen LogP contribution < -0.4 is 10.6 Å². The molecule has 6 nitrogen and oxygen atoms in total. The molecule has 6 heteroatoms. The van der Waals surface area contributed by atoms with Crippen molar-refractivity contribution in [1.29, 1.82) is 0 Å². The second-order valence-corrected chi connectivity index (χ2v) is 4.87. The third-order valence-corrected chi connectivity index (χ3v) is 3.27. The summed E-state index contributed by atoms with van der Waals surface area (Å²) < 4.78 is 0. The van der Waals surface area contributed by atoms with Crippen molar-refractivity contribution in [3.05, 3.63) is 0 Å². The summed E-state index contributed by atoms with van der Waals surface area (Å²) in [4.78, 5) is 33.3. The topological polar surface area (TPSA) is 95.5 Å². The summed E-state index contributed by atoms with van der Waals surface area (Å²) in [6.07, 6.45) is 4.85. The van der Waals surface area contributed by atoms with E-state index in [0.29, 0.717) is 19.5 Å². The van der Waals surface area contributed by atoms with Crippen molar-refractivity contribution in [2.24, 2.45) is 5.92 Å². The van der Waals surface area contributed by atoms with Crippen LogP contribution in [0, 0.1) is 5.92 Å². The fourth-order valence-electron chi connectivity index (χ4n) is 2.19. The number of hydrogen-bond donors (Lipinski definition) is 3. The zero-order chi connectivity index (χ0) is 14.1. The molecular weight excluding hydrogens is 248 g/mol. The van der Waals surface area contributed by atoms with Crippen molar-refractivity contribution in [3.63, 3.8) is 0 Å². The minimum Gasteiger partial charge on any atom is -0.481 e. The van der Waals surface area contributed by atoms with Crippen molar-refractivity contribution in [3.8, 4) is 0 Å². The van der Waals surface area contributed by atoms with Gasteiger partial charge in [-0.2, -0.15) is 0 Å². The molecule has 0 radical (unpaired) electrons. The Morgan fingerprint density at radius 3 is 2.32 bits per heavy atom. The van der Waals surface area contributed by atoms with E-state index in [1.165, 1.54) is 0 Å². The summed E-state index contributed by atoms with van der Waals surface area (Å²) in [6.45, 7) is 0.710. The van der Waals surface area contributed by atoms with Gasteiger partial charge in [-0.1, -0.05) is 12.8 Å². The van der Waals surface area contributed by atoms with E-state index < -0.39 is 5.97 Å². The minimum atomic E-state index is -0.863. The molecule has 1 aliphatic carbocycles. The molecule has 0 aliphatic heterocycles. The van der Waals surface area contributed by atoms with E-state index in [9.17, 15) is 14.4 Å². The smallest absolute Gasteiger partial charge is 0.303 e. The molecule has 2 amide bonds. The predicted molar refractivity (Wildman–Crippen MR) is 69.5 cm³/mol. The highest BCUT2D eigenvalue weighted by Crippen LogP contribution is 2.24. The fraction of sp³-hybridized carbons (Fsp3) is 0.769. The summed E-state index contributed by atoms with van der Waals surface area (Å²) in [6, 6.07) is 0. The average molecular weight is 270 g/mol. The first-order valence-corrected chi connectivity index (χ1v) is 6.86. The van der Waals surface area contributed by atoms with Gasteiger partial charge in [0.25, 0.3) is 0 Å². The van der Waals surface area contributed by atoms with Gasteiger partial charge in [-0.25, -0.2) is 0 Å². The molecule has 0 atom stereocenters. The highest BCUT2D eigenvalue weighted by molar-refractivity contribution is 5.80. The van der Waals surface area contributed by atoms with Gasteiger partial charge in [-0.3, -0.25) is 14.4 Å². The maximum atomic E-state index is 11.7. The number of carboxylic acid groups (broad SMARTS) is 1. The zero-order valence-corrected chi connectivity index (χ0v) is 11.1. The lowest BCUT2D eigenvalue weighted by atomic mass is 10.1. The monoisotopic (exact) mass is 270 g/mol. The van der Waals surface area contributed by atoms with Gasteiger partial charge in [0.15, 0.2) is 0 Å². The van der Waals surface area contributed by atoms with Crippen molar-refractivity contribution < 1.29 is 19.5 Å². The molecule has 19 heavy (non-hydrogen) atoms. The highest BCUT2D eigenvalue weighted by atomic mass is 16.4. The van der Waals surface area contributed by atoms with Gasteiger partial charge in [0.2, 0.25) is 11.8 Å². The second kappa shape index (κ2) is 8.50. The lowest BCUT2D eigenvalue weighted by Crippen LogP contribution is -2.34. The van der Waals surface area contributed by atoms with Gasteiger partial charge in [-0.05, 0) is 19.3 Å². The van der Waals surface area contributed by atoms with Crippen molar-refractivity contribution in [1.82, 2.24) is 10.6 Å². The van der Waals surface area contributed by atoms with Crippen molar-refractivity contribution in [2.45, 2.75) is 44.9 Å². The third kappa shape index (κ3) is 6.79. The van der Waals surface area contributed by atoms with Crippen LogP contribution in [-0.4, -0.2) is 36.0 Å². The molecule has 108 valence electrons. The first kappa shape index (κ1) is 15.5. The summed E-state index contributed by atoms with van der Waals surface area (Å²) in [5.41, 5.74) is 0. The minimum absolute atomic E-state index is 0.0520. The maximum absolute atomic E-state index is 11.7. The van der Waals surface area contributed by atoms with Crippen molar-refractivity contribution in [2.75, 3.05) is 13.1 Å². The Hall–Kier alpha value is -1.59. The molecule has 0 aromatic carbocycles. The Morgan fingerprint density at radius 2 is 1.68 bits per heavy atom. The van der Waals surface area contributed by atoms with Crippen LogP contribution in [0.3, 0.4) is 0 Å². The molecule has 1 saturated carbocycles. The van der Waals surface area contributed by atoms with Crippen molar-refractivity contribution >= 4 is 17.8 Å². The Bertz CT molecular complexity index is 325. The molecule has 0 heterocycles. The van der Waals surface area contributed by atoms with Crippen LogP contribution in [0.2, 0.25) is 0 Å². The first-order chi connectivity index (χ1) is 9.09. The number of carbonyl (C=O) groups is 3. The lowest BCUT2D eigenvalue weighted by Gasteiger charge is -2.10. The van der Waals surface area contributed by atoms with Gasteiger partial charge in [0.1, 0.15) is 0 Å². The number of rotatable bonds is 8. The number of nitrogens with one attached hydrogen (secondary N) is 2. The molecule has 1 aliphatic rings. The zero-order valence-electron chi connectivity index (χ0n) is 11.1. The molecule has 1 fully saturated rings. The van der Waals surface area contributed by atoms with Crippen LogP contribution in [0.15, 0.2) is 0 Å².